The zero-order valence-electron chi connectivity index (χ0n) is 12.9. The monoisotopic (exact) mass is 491 g/mol. The van der Waals surface area contributed by atoms with E-state index in [0.717, 1.165) is 4.47 Å². The van der Waals surface area contributed by atoms with Crippen LogP contribution in [0.25, 0.3) is 0 Å². The number of hydrogen-bond donors (Lipinski definition) is 2. The van der Waals surface area contributed by atoms with Gasteiger partial charge in [-0.3, -0.25) is 4.99 Å². The SMILES string of the molecule is CN=C(NCc1cc(Br)ccc1OC(F)F)NC(C)(C)C.I. The first-order chi connectivity index (χ1) is 9.71. The second-order valence-corrected chi connectivity index (χ2v) is 6.35. The Kier molecular flexibility index (Phi) is 9.21. The van der Waals surface area contributed by atoms with Crippen LogP contribution in [0.4, 0.5) is 8.78 Å². The number of guanidine groups is 1. The van der Waals surface area contributed by atoms with Crippen LogP contribution < -0.4 is 15.4 Å². The van der Waals surface area contributed by atoms with Crippen LogP contribution in [0.15, 0.2) is 27.7 Å². The lowest BCUT2D eigenvalue weighted by molar-refractivity contribution is -0.0504. The predicted molar refractivity (Wildman–Crippen MR) is 99.3 cm³/mol. The molecule has 126 valence electrons. The lowest BCUT2D eigenvalue weighted by Gasteiger charge is -2.24. The maximum absolute atomic E-state index is 12.4. The van der Waals surface area contributed by atoms with Crippen LogP contribution in [-0.2, 0) is 6.54 Å². The first-order valence-corrected chi connectivity index (χ1v) is 7.22. The van der Waals surface area contributed by atoms with Crippen molar-refractivity contribution in [3.63, 3.8) is 0 Å². The molecule has 1 aromatic carbocycles. The Bertz CT molecular complexity index is 507. The molecule has 0 spiro atoms. The summed E-state index contributed by atoms with van der Waals surface area (Å²) < 4.78 is 30.1. The largest absolute Gasteiger partial charge is 0.434 e. The van der Waals surface area contributed by atoms with E-state index in [1.807, 2.05) is 20.8 Å². The van der Waals surface area contributed by atoms with Crippen molar-refractivity contribution in [2.45, 2.75) is 39.5 Å². The number of rotatable bonds is 4. The third kappa shape index (κ3) is 8.11. The number of hydrogen-bond acceptors (Lipinski definition) is 2. The maximum atomic E-state index is 12.4. The van der Waals surface area contributed by atoms with Gasteiger partial charge in [0, 0.05) is 29.2 Å². The summed E-state index contributed by atoms with van der Waals surface area (Å²) in [4.78, 5) is 4.10. The normalized spacial score (nSPS) is 11.9. The number of aliphatic imine (C=N–C) groups is 1. The number of alkyl halides is 2. The first kappa shape index (κ1) is 21.4. The Morgan fingerprint density at radius 1 is 1.36 bits per heavy atom. The third-order valence-corrected chi connectivity index (χ3v) is 2.90. The van der Waals surface area contributed by atoms with E-state index in [4.69, 9.17) is 0 Å². The minimum absolute atomic E-state index is 0. The second-order valence-electron chi connectivity index (χ2n) is 5.43. The van der Waals surface area contributed by atoms with E-state index in [9.17, 15) is 8.78 Å². The molecule has 2 N–H and O–H groups in total. The van der Waals surface area contributed by atoms with Gasteiger partial charge < -0.3 is 15.4 Å². The summed E-state index contributed by atoms with van der Waals surface area (Å²) in [6.07, 6.45) is 0. The van der Waals surface area contributed by atoms with Crippen molar-refractivity contribution in [1.82, 2.24) is 10.6 Å². The van der Waals surface area contributed by atoms with Gasteiger partial charge in [-0.15, -0.1) is 24.0 Å². The molecule has 0 saturated heterocycles. The molecule has 8 heteroatoms. The average molecular weight is 492 g/mol. The van der Waals surface area contributed by atoms with Crippen LogP contribution >= 0.6 is 39.9 Å². The molecule has 0 fully saturated rings. The van der Waals surface area contributed by atoms with Crippen molar-refractivity contribution < 1.29 is 13.5 Å². The lowest BCUT2D eigenvalue weighted by atomic mass is 10.1. The van der Waals surface area contributed by atoms with Crippen molar-refractivity contribution in [3.05, 3.63) is 28.2 Å². The standard InChI is InChI=1S/C14H20BrF2N3O.HI/c1-14(2,3)20-13(18-4)19-8-9-7-10(15)5-6-11(9)21-12(16)17;/h5-7,12H,8H2,1-4H3,(H2,18,19,20);1H. The highest BCUT2D eigenvalue weighted by atomic mass is 127. The molecule has 0 radical (unpaired) electrons. The van der Waals surface area contributed by atoms with Crippen LogP contribution in [0.1, 0.15) is 26.3 Å². The van der Waals surface area contributed by atoms with E-state index in [-0.39, 0.29) is 35.3 Å². The number of halogens is 4. The highest BCUT2D eigenvalue weighted by molar-refractivity contribution is 14.0. The van der Waals surface area contributed by atoms with Gasteiger partial charge >= 0.3 is 6.61 Å². The zero-order chi connectivity index (χ0) is 16.0. The smallest absolute Gasteiger partial charge is 0.387 e. The van der Waals surface area contributed by atoms with Crippen LogP contribution in [0, 0.1) is 0 Å². The van der Waals surface area contributed by atoms with Crippen LogP contribution in [-0.4, -0.2) is 25.2 Å². The van der Waals surface area contributed by atoms with Crippen LogP contribution in [0.3, 0.4) is 0 Å². The van der Waals surface area contributed by atoms with E-state index >= 15 is 0 Å². The van der Waals surface area contributed by atoms with Gasteiger partial charge in [0.15, 0.2) is 5.96 Å². The quantitative estimate of drug-likeness (QED) is 0.378. The van der Waals surface area contributed by atoms with Crippen LogP contribution in [0.2, 0.25) is 0 Å². The van der Waals surface area contributed by atoms with Crippen molar-refractivity contribution >= 4 is 45.9 Å². The number of ether oxygens (including phenoxy) is 1. The molecule has 1 aromatic rings. The van der Waals surface area contributed by atoms with Gasteiger partial charge in [0.25, 0.3) is 0 Å². The Morgan fingerprint density at radius 2 is 2.00 bits per heavy atom. The predicted octanol–water partition coefficient (Wildman–Crippen LogP) is 4.13. The van der Waals surface area contributed by atoms with Gasteiger partial charge in [0.1, 0.15) is 5.75 Å². The van der Waals surface area contributed by atoms with E-state index in [1.54, 1.807) is 19.2 Å². The summed E-state index contributed by atoms with van der Waals surface area (Å²) in [5.74, 6) is 0.734. The molecular formula is C14H21BrF2IN3O. The molecule has 0 atom stereocenters. The summed E-state index contributed by atoms with van der Waals surface area (Å²) in [5.41, 5.74) is 0.461. The molecule has 0 unspecified atom stereocenters. The summed E-state index contributed by atoms with van der Waals surface area (Å²) in [6.45, 7) is 3.48. The molecule has 1 rings (SSSR count). The molecule has 4 nitrogen and oxygen atoms in total. The number of benzene rings is 1. The third-order valence-electron chi connectivity index (χ3n) is 2.40. The second kappa shape index (κ2) is 9.49. The van der Waals surface area contributed by atoms with Crippen molar-refractivity contribution in [1.29, 1.82) is 0 Å². The van der Waals surface area contributed by atoms with Crippen molar-refractivity contribution in [2.24, 2.45) is 4.99 Å². The molecule has 22 heavy (non-hydrogen) atoms. The fourth-order valence-corrected chi connectivity index (χ4v) is 2.02. The molecule has 0 aliphatic carbocycles. The Hall–Kier alpha value is -0.640. The fourth-order valence-electron chi connectivity index (χ4n) is 1.61. The van der Waals surface area contributed by atoms with Crippen LogP contribution in [0.5, 0.6) is 5.75 Å². The maximum Gasteiger partial charge on any atom is 0.387 e. The average Bonchev–Trinajstić information content (AvgIpc) is 2.35. The van der Waals surface area contributed by atoms with E-state index in [0.29, 0.717) is 18.1 Å². The molecule has 0 bridgehead atoms. The molecule has 0 aromatic heterocycles. The molecule has 0 aliphatic rings. The van der Waals surface area contributed by atoms with E-state index < -0.39 is 6.61 Å². The highest BCUT2D eigenvalue weighted by Crippen LogP contribution is 2.24. The van der Waals surface area contributed by atoms with Gasteiger partial charge in [-0.1, -0.05) is 15.9 Å². The molecule has 0 amide bonds. The molecule has 0 saturated carbocycles. The Morgan fingerprint density at radius 3 is 2.50 bits per heavy atom. The van der Waals surface area contributed by atoms with E-state index in [1.165, 1.54) is 6.07 Å². The molecule has 0 heterocycles. The summed E-state index contributed by atoms with van der Waals surface area (Å²) in [7, 11) is 1.65. The minimum atomic E-state index is -2.85. The van der Waals surface area contributed by atoms with Gasteiger partial charge in [-0.25, -0.2) is 0 Å². The minimum Gasteiger partial charge on any atom is -0.434 e. The number of nitrogens with one attached hydrogen (secondary N) is 2. The Balaban J connectivity index is 0.00000441. The topological polar surface area (TPSA) is 45.7 Å². The summed E-state index contributed by atoms with van der Waals surface area (Å²) in [6, 6.07) is 4.89. The summed E-state index contributed by atoms with van der Waals surface area (Å²) in [5, 5.41) is 6.27. The Labute approximate surface area is 155 Å². The van der Waals surface area contributed by atoms with Crippen molar-refractivity contribution in [2.75, 3.05) is 7.05 Å². The summed E-state index contributed by atoms with van der Waals surface area (Å²) >= 11 is 3.32. The van der Waals surface area contributed by atoms with Gasteiger partial charge in [-0.05, 0) is 39.0 Å². The highest BCUT2D eigenvalue weighted by Gasteiger charge is 2.14. The van der Waals surface area contributed by atoms with Crippen molar-refractivity contribution in [3.8, 4) is 5.75 Å². The lowest BCUT2D eigenvalue weighted by Crippen LogP contribution is -2.47. The van der Waals surface area contributed by atoms with Gasteiger partial charge in [0.05, 0.1) is 0 Å². The number of nitrogens with zero attached hydrogens (tertiary/aromatic N) is 1. The fraction of sp³-hybridized carbons (Fsp3) is 0.500. The first-order valence-electron chi connectivity index (χ1n) is 6.43. The molecule has 0 aliphatic heterocycles. The van der Waals surface area contributed by atoms with Gasteiger partial charge in [-0.2, -0.15) is 8.78 Å². The zero-order valence-corrected chi connectivity index (χ0v) is 16.8. The van der Waals surface area contributed by atoms with E-state index in [2.05, 4.69) is 36.3 Å². The molecular weight excluding hydrogens is 471 g/mol. The van der Waals surface area contributed by atoms with Gasteiger partial charge in [0.2, 0.25) is 0 Å².